The average Bonchev–Trinajstić information content (AvgIpc) is 3.20. The molecule has 412 valence electrons. The number of hydrogen-bond donors (Lipinski definition) is 5. The fourth-order valence-corrected chi connectivity index (χ4v) is 6.10. The van der Waals surface area contributed by atoms with Gasteiger partial charge in [-0.1, -0.05) is 55.4 Å². The van der Waals surface area contributed by atoms with Crippen LogP contribution in [0.15, 0.2) is 0 Å². The molecule has 0 aliphatic heterocycles. The molecule has 0 unspecified atom stereocenters. The van der Waals surface area contributed by atoms with Crippen molar-refractivity contribution in [1.29, 1.82) is 0 Å². The minimum absolute atomic E-state index is 0.0831. The molecule has 0 aliphatic carbocycles. The van der Waals surface area contributed by atoms with Gasteiger partial charge >= 0.3 is 18.2 Å². The summed E-state index contributed by atoms with van der Waals surface area (Å²) in [4.78, 5) is 61.1. The third-order valence-electron chi connectivity index (χ3n) is 9.58. The number of unbranched alkanes of at least 4 members (excludes halogenated alkanes) is 1. The van der Waals surface area contributed by atoms with E-state index in [9.17, 15) is 29.1 Å². The van der Waals surface area contributed by atoms with Crippen LogP contribution in [0.3, 0.4) is 0 Å². The maximum Gasteiger partial charge on any atom is 0.407 e. The van der Waals surface area contributed by atoms with E-state index in [1.165, 1.54) is 0 Å². The van der Waals surface area contributed by atoms with Crippen LogP contribution >= 0.6 is 0 Å². The number of aliphatic carboxylic acids is 1. The fraction of sp³-hybridized carbons (Fsp3) is 0.900. The molecule has 0 aliphatic rings. The van der Waals surface area contributed by atoms with Crippen molar-refractivity contribution in [3.8, 4) is 0 Å². The van der Waals surface area contributed by atoms with Gasteiger partial charge in [0.25, 0.3) is 0 Å². The Labute approximate surface area is 420 Å². The van der Waals surface area contributed by atoms with E-state index in [2.05, 4.69) is 21.3 Å². The SMILES string of the molecule is CC(C)(CNC(=O)OC(C)(C)C)COCCOCCOCCOCC(C)(C)CC(=O)NCCCC[C@H](NC(=O)CC(C)(C)COCCOCCOCCOCC(C)(C)CNC(=O)OC(C)(C)C)C(=O)O. The third kappa shape index (κ3) is 42.3. The lowest BCUT2D eigenvalue weighted by Crippen LogP contribution is -2.42. The van der Waals surface area contributed by atoms with Gasteiger partial charge in [0.2, 0.25) is 11.8 Å². The van der Waals surface area contributed by atoms with E-state index in [0.717, 1.165) is 0 Å². The summed E-state index contributed by atoms with van der Waals surface area (Å²) in [5.74, 6) is -1.61. The highest BCUT2D eigenvalue weighted by Crippen LogP contribution is 2.22. The van der Waals surface area contributed by atoms with Gasteiger partial charge < -0.3 is 73.7 Å². The number of hydrogen-bond acceptors (Lipinski definition) is 15. The minimum atomic E-state index is -1.11. The Kier molecular flexibility index (Phi) is 33.2. The molecule has 0 aromatic rings. The molecule has 0 saturated carbocycles. The molecule has 0 spiro atoms. The van der Waals surface area contributed by atoms with Crippen molar-refractivity contribution in [2.75, 3.05) is 125 Å². The summed E-state index contributed by atoms with van der Waals surface area (Å²) in [6.45, 7) is 34.0. The predicted molar refractivity (Wildman–Crippen MR) is 266 cm³/mol. The van der Waals surface area contributed by atoms with Crippen molar-refractivity contribution in [3.05, 3.63) is 0 Å². The number of carbonyl (C=O) groups excluding carboxylic acids is 4. The van der Waals surface area contributed by atoms with E-state index < -0.39 is 46.2 Å². The van der Waals surface area contributed by atoms with Crippen molar-refractivity contribution in [1.82, 2.24) is 21.3 Å². The minimum Gasteiger partial charge on any atom is -0.480 e. The molecule has 0 radical (unpaired) electrons. The number of ether oxygens (including phenoxy) is 10. The molecule has 0 saturated heterocycles. The molecule has 20 heteroatoms. The van der Waals surface area contributed by atoms with Crippen LogP contribution in [0.25, 0.3) is 0 Å². The Hall–Kier alpha value is -3.37. The number of carboxylic acid groups (broad SMARTS) is 1. The number of alkyl carbamates (subject to hydrolysis) is 2. The van der Waals surface area contributed by atoms with Crippen LogP contribution in [-0.4, -0.2) is 178 Å². The Morgan fingerprint density at radius 2 is 0.729 bits per heavy atom. The topological polar surface area (TPSA) is 246 Å². The van der Waals surface area contributed by atoms with Gasteiger partial charge in [-0.25, -0.2) is 14.4 Å². The van der Waals surface area contributed by atoms with Crippen LogP contribution < -0.4 is 21.3 Å². The van der Waals surface area contributed by atoms with E-state index in [4.69, 9.17) is 47.4 Å². The Morgan fingerprint density at radius 3 is 1.06 bits per heavy atom. The van der Waals surface area contributed by atoms with Crippen LogP contribution in [0.4, 0.5) is 9.59 Å². The first-order valence-electron chi connectivity index (χ1n) is 24.8. The van der Waals surface area contributed by atoms with Crippen LogP contribution in [0.1, 0.15) is 129 Å². The second kappa shape index (κ2) is 34.9. The van der Waals surface area contributed by atoms with Gasteiger partial charge in [0.15, 0.2) is 0 Å². The molecule has 70 heavy (non-hydrogen) atoms. The van der Waals surface area contributed by atoms with E-state index >= 15 is 0 Å². The zero-order valence-electron chi connectivity index (χ0n) is 45.6. The lowest BCUT2D eigenvalue weighted by Gasteiger charge is -2.26. The standard InChI is InChI=1S/C50H96N4O16/c1-45(2,3)69-43(59)52-33-49(11,12)37-67-29-25-63-21-19-61-23-27-65-35-47(7,8)31-40(55)51-18-16-15-17-39(42(57)58)54-41(56)32-48(9,10)36-66-28-24-62-20-22-64-26-30-68-38-50(13,14)34-53-44(60)70-46(4,5)6/h39H,15-38H2,1-14H3,(H,51,55)(H,52,59)(H,53,60)(H,54,56)(H,57,58)/t39-/m0/s1. The molecular formula is C50H96N4O16. The second-order valence-electron chi connectivity index (χ2n) is 22.7. The van der Waals surface area contributed by atoms with Crippen molar-refractivity contribution < 1.29 is 76.4 Å². The molecule has 5 N–H and O–H groups in total. The van der Waals surface area contributed by atoms with Gasteiger partial charge in [-0.2, -0.15) is 0 Å². The molecule has 4 amide bonds. The summed E-state index contributed by atoms with van der Waals surface area (Å²) in [5, 5.41) is 20.8. The second-order valence-corrected chi connectivity index (χ2v) is 22.7. The molecule has 0 heterocycles. The first kappa shape index (κ1) is 66.6. The number of carbonyl (C=O) groups is 5. The summed E-state index contributed by atoms with van der Waals surface area (Å²) >= 11 is 0. The highest BCUT2D eigenvalue weighted by Gasteiger charge is 2.28. The highest BCUT2D eigenvalue weighted by atomic mass is 16.6. The summed E-state index contributed by atoms with van der Waals surface area (Å²) in [6, 6.07) is -1.04. The molecule has 0 aromatic carbocycles. The van der Waals surface area contributed by atoms with Gasteiger partial charge in [-0.15, -0.1) is 0 Å². The van der Waals surface area contributed by atoms with E-state index in [1.54, 1.807) is 0 Å². The summed E-state index contributed by atoms with van der Waals surface area (Å²) in [6.07, 6.45) is 0.718. The van der Waals surface area contributed by atoms with E-state index in [-0.39, 0.29) is 48.5 Å². The fourth-order valence-electron chi connectivity index (χ4n) is 6.10. The van der Waals surface area contributed by atoms with Gasteiger partial charge in [0.1, 0.15) is 17.2 Å². The van der Waals surface area contributed by atoms with Crippen LogP contribution in [-0.2, 0) is 61.8 Å². The number of nitrogens with one attached hydrogen (secondary N) is 4. The molecular weight excluding hydrogens is 913 g/mol. The lowest BCUT2D eigenvalue weighted by atomic mass is 9.90. The Bertz CT molecular complexity index is 1460. The maximum absolute atomic E-state index is 12.8. The lowest BCUT2D eigenvalue weighted by molar-refractivity contribution is -0.142. The Balaban J connectivity index is 4.02. The van der Waals surface area contributed by atoms with E-state index in [0.29, 0.717) is 132 Å². The Morgan fingerprint density at radius 1 is 0.414 bits per heavy atom. The van der Waals surface area contributed by atoms with Crippen molar-refractivity contribution in [2.24, 2.45) is 21.7 Å². The first-order valence-corrected chi connectivity index (χ1v) is 24.8. The first-order chi connectivity index (χ1) is 32.4. The summed E-state index contributed by atoms with van der Waals surface area (Å²) in [5.41, 5.74) is -2.58. The molecule has 1 atom stereocenters. The molecule has 0 aromatic heterocycles. The quantitative estimate of drug-likeness (QED) is 0.0447. The smallest absolute Gasteiger partial charge is 0.407 e. The van der Waals surface area contributed by atoms with Gasteiger partial charge in [-0.3, -0.25) is 9.59 Å². The van der Waals surface area contributed by atoms with Gasteiger partial charge in [0.05, 0.1) is 106 Å². The largest absolute Gasteiger partial charge is 0.480 e. The summed E-state index contributed by atoms with van der Waals surface area (Å²) in [7, 11) is 0. The van der Waals surface area contributed by atoms with Crippen LogP contribution in [0, 0.1) is 21.7 Å². The van der Waals surface area contributed by atoms with Crippen LogP contribution in [0.2, 0.25) is 0 Å². The zero-order valence-corrected chi connectivity index (χ0v) is 45.6. The molecule has 0 bridgehead atoms. The number of rotatable bonds is 41. The molecule has 0 rings (SSSR count). The molecule has 20 nitrogen and oxygen atoms in total. The molecule has 0 fully saturated rings. The normalized spacial score (nSPS) is 13.1. The van der Waals surface area contributed by atoms with Crippen LogP contribution in [0.5, 0.6) is 0 Å². The maximum atomic E-state index is 12.8. The van der Waals surface area contributed by atoms with Crippen molar-refractivity contribution >= 4 is 30.0 Å². The van der Waals surface area contributed by atoms with Crippen molar-refractivity contribution in [3.63, 3.8) is 0 Å². The average molecular weight is 1010 g/mol. The van der Waals surface area contributed by atoms with E-state index in [1.807, 2.05) is 96.9 Å². The third-order valence-corrected chi connectivity index (χ3v) is 9.58. The predicted octanol–water partition coefficient (Wildman–Crippen LogP) is 5.91. The number of carboxylic acids is 1. The number of amides is 4. The monoisotopic (exact) mass is 1010 g/mol. The van der Waals surface area contributed by atoms with Gasteiger partial charge in [0, 0.05) is 43.3 Å². The zero-order chi connectivity index (χ0) is 53.3. The van der Waals surface area contributed by atoms with Crippen molar-refractivity contribution in [2.45, 2.75) is 146 Å². The van der Waals surface area contributed by atoms with Gasteiger partial charge in [-0.05, 0) is 71.6 Å². The summed E-state index contributed by atoms with van der Waals surface area (Å²) < 4.78 is 55.7. The highest BCUT2D eigenvalue weighted by molar-refractivity contribution is 5.83.